The predicted molar refractivity (Wildman–Crippen MR) is 70.7 cm³/mol. The first-order valence-electron chi connectivity index (χ1n) is 6.35. The third-order valence-electron chi connectivity index (χ3n) is 2.46. The number of hydrogen-bond acceptors (Lipinski definition) is 4. The van der Waals surface area contributed by atoms with Crippen molar-refractivity contribution >= 4 is 11.8 Å². The molecule has 0 bridgehead atoms. The Labute approximate surface area is 113 Å². The van der Waals surface area contributed by atoms with Gasteiger partial charge in [0.05, 0.1) is 0 Å². The Hall–Kier alpha value is -1.85. The molecule has 0 aliphatic heterocycles. The van der Waals surface area contributed by atoms with Crippen molar-refractivity contribution in [2.75, 3.05) is 13.1 Å². The molecule has 1 aromatic heterocycles. The number of amides is 2. The fourth-order valence-corrected chi connectivity index (χ4v) is 1.29. The second kappa shape index (κ2) is 6.36. The highest BCUT2D eigenvalue weighted by Crippen LogP contribution is 2.11. The summed E-state index contributed by atoms with van der Waals surface area (Å²) in [5.74, 6) is 0.191. The minimum Gasteiger partial charge on any atom is -0.448 e. The van der Waals surface area contributed by atoms with E-state index in [2.05, 4.69) is 15.6 Å². The Morgan fingerprint density at radius 2 is 1.89 bits per heavy atom. The highest BCUT2D eigenvalue weighted by molar-refractivity contribution is 5.91. The van der Waals surface area contributed by atoms with Gasteiger partial charge in [0.25, 0.3) is 5.91 Å². The van der Waals surface area contributed by atoms with Crippen LogP contribution in [-0.2, 0) is 11.2 Å². The molecule has 106 valence electrons. The number of rotatable bonds is 5. The van der Waals surface area contributed by atoms with E-state index < -0.39 is 5.41 Å². The smallest absolute Gasteiger partial charge is 0.273 e. The van der Waals surface area contributed by atoms with Crippen LogP contribution in [-0.4, -0.2) is 29.9 Å². The normalized spacial score (nSPS) is 11.2. The Morgan fingerprint density at radius 3 is 2.42 bits per heavy atom. The second-order valence-corrected chi connectivity index (χ2v) is 5.24. The molecule has 0 unspecified atom stereocenters. The maximum Gasteiger partial charge on any atom is 0.273 e. The SMILES string of the molecule is CCc1nc(C(=O)NCCNC(=O)C(C)(C)C)co1. The summed E-state index contributed by atoms with van der Waals surface area (Å²) in [6.45, 7) is 8.15. The van der Waals surface area contributed by atoms with Gasteiger partial charge in [0.15, 0.2) is 11.6 Å². The molecule has 1 aromatic rings. The number of aromatic nitrogens is 1. The van der Waals surface area contributed by atoms with Crippen molar-refractivity contribution in [3.8, 4) is 0 Å². The van der Waals surface area contributed by atoms with Crippen molar-refractivity contribution in [1.29, 1.82) is 0 Å². The third kappa shape index (κ3) is 4.73. The largest absolute Gasteiger partial charge is 0.448 e. The average molecular weight is 267 g/mol. The lowest BCUT2D eigenvalue weighted by Gasteiger charge is -2.17. The van der Waals surface area contributed by atoms with Crippen molar-refractivity contribution in [1.82, 2.24) is 15.6 Å². The zero-order valence-electron chi connectivity index (χ0n) is 11.9. The van der Waals surface area contributed by atoms with E-state index in [1.807, 2.05) is 27.7 Å². The molecule has 0 aromatic carbocycles. The fraction of sp³-hybridized carbons (Fsp3) is 0.615. The van der Waals surface area contributed by atoms with Crippen molar-refractivity contribution in [2.45, 2.75) is 34.1 Å². The first-order chi connectivity index (χ1) is 8.84. The zero-order valence-corrected chi connectivity index (χ0v) is 11.9. The first kappa shape index (κ1) is 15.2. The lowest BCUT2D eigenvalue weighted by Crippen LogP contribution is -2.39. The fourth-order valence-electron chi connectivity index (χ4n) is 1.29. The quantitative estimate of drug-likeness (QED) is 0.783. The molecule has 1 rings (SSSR count). The molecule has 2 amide bonds. The van der Waals surface area contributed by atoms with Crippen LogP contribution in [0.25, 0.3) is 0 Å². The maximum atomic E-state index is 11.7. The van der Waals surface area contributed by atoms with Crippen molar-refractivity contribution in [3.63, 3.8) is 0 Å². The van der Waals surface area contributed by atoms with Crippen LogP contribution in [0, 0.1) is 5.41 Å². The van der Waals surface area contributed by atoms with Crippen LogP contribution in [0.2, 0.25) is 0 Å². The van der Waals surface area contributed by atoms with Gasteiger partial charge in [-0.3, -0.25) is 9.59 Å². The minimum absolute atomic E-state index is 0.0449. The van der Waals surface area contributed by atoms with Gasteiger partial charge >= 0.3 is 0 Å². The van der Waals surface area contributed by atoms with Gasteiger partial charge in [-0.25, -0.2) is 4.98 Å². The molecule has 0 aliphatic carbocycles. The molecule has 0 spiro atoms. The minimum atomic E-state index is -0.424. The number of aryl methyl sites for hydroxylation is 1. The van der Waals surface area contributed by atoms with Gasteiger partial charge < -0.3 is 15.1 Å². The summed E-state index contributed by atoms with van der Waals surface area (Å²) in [6, 6.07) is 0. The number of carbonyl (C=O) groups is 2. The van der Waals surface area contributed by atoms with E-state index in [9.17, 15) is 9.59 Å². The van der Waals surface area contributed by atoms with Crippen LogP contribution < -0.4 is 10.6 Å². The highest BCUT2D eigenvalue weighted by Gasteiger charge is 2.20. The summed E-state index contributed by atoms with van der Waals surface area (Å²) in [5.41, 5.74) is -0.161. The molecule has 6 nitrogen and oxygen atoms in total. The topological polar surface area (TPSA) is 84.2 Å². The molecule has 0 aliphatic rings. The summed E-state index contributed by atoms with van der Waals surface area (Å²) in [5, 5.41) is 5.42. The van der Waals surface area contributed by atoms with Crippen LogP contribution in [0.15, 0.2) is 10.7 Å². The molecule has 0 radical (unpaired) electrons. The molecular weight excluding hydrogens is 246 g/mol. The Bertz CT molecular complexity index is 446. The van der Waals surface area contributed by atoms with Crippen LogP contribution >= 0.6 is 0 Å². The van der Waals surface area contributed by atoms with E-state index >= 15 is 0 Å². The average Bonchev–Trinajstić information content (AvgIpc) is 2.81. The predicted octanol–water partition coefficient (Wildman–Crippen LogP) is 1.13. The Morgan fingerprint density at radius 1 is 1.26 bits per heavy atom. The lowest BCUT2D eigenvalue weighted by atomic mass is 9.96. The van der Waals surface area contributed by atoms with Gasteiger partial charge in [-0.15, -0.1) is 0 Å². The van der Waals surface area contributed by atoms with E-state index in [1.165, 1.54) is 6.26 Å². The van der Waals surface area contributed by atoms with Crippen LogP contribution in [0.5, 0.6) is 0 Å². The van der Waals surface area contributed by atoms with Gasteiger partial charge in [0.1, 0.15) is 6.26 Å². The number of hydrogen-bond donors (Lipinski definition) is 2. The Kier molecular flexibility index (Phi) is 5.09. The maximum absolute atomic E-state index is 11.7. The van der Waals surface area contributed by atoms with Crippen molar-refractivity contribution in [2.24, 2.45) is 5.41 Å². The monoisotopic (exact) mass is 267 g/mol. The van der Waals surface area contributed by atoms with Gasteiger partial charge in [0.2, 0.25) is 5.91 Å². The van der Waals surface area contributed by atoms with Crippen molar-refractivity contribution < 1.29 is 14.0 Å². The zero-order chi connectivity index (χ0) is 14.5. The van der Waals surface area contributed by atoms with Gasteiger partial charge in [-0.1, -0.05) is 27.7 Å². The van der Waals surface area contributed by atoms with E-state index in [-0.39, 0.29) is 17.5 Å². The van der Waals surface area contributed by atoms with Gasteiger partial charge in [-0.2, -0.15) is 0 Å². The summed E-state index contributed by atoms with van der Waals surface area (Å²) in [6.07, 6.45) is 1.98. The molecule has 6 heteroatoms. The molecule has 2 N–H and O–H groups in total. The van der Waals surface area contributed by atoms with Crippen molar-refractivity contribution in [3.05, 3.63) is 17.8 Å². The summed E-state index contributed by atoms with van der Waals surface area (Å²) >= 11 is 0. The van der Waals surface area contributed by atoms with E-state index in [0.29, 0.717) is 25.4 Å². The molecule has 1 heterocycles. The second-order valence-electron chi connectivity index (χ2n) is 5.24. The highest BCUT2D eigenvalue weighted by atomic mass is 16.3. The summed E-state index contributed by atoms with van der Waals surface area (Å²) < 4.78 is 5.08. The van der Waals surface area contributed by atoms with Gasteiger partial charge in [0, 0.05) is 24.9 Å². The van der Waals surface area contributed by atoms with Crippen LogP contribution in [0.4, 0.5) is 0 Å². The summed E-state index contributed by atoms with van der Waals surface area (Å²) in [7, 11) is 0. The third-order valence-corrected chi connectivity index (χ3v) is 2.46. The molecular formula is C13H21N3O3. The van der Waals surface area contributed by atoms with Crippen LogP contribution in [0.3, 0.4) is 0 Å². The standard InChI is InChI=1S/C13H21N3O3/c1-5-10-16-9(8-19-10)11(17)14-6-7-15-12(18)13(2,3)4/h8H,5-7H2,1-4H3,(H,14,17)(H,15,18). The van der Waals surface area contributed by atoms with Crippen LogP contribution in [0.1, 0.15) is 44.1 Å². The molecule has 0 atom stereocenters. The number of oxazole rings is 1. The summed E-state index contributed by atoms with van der Waals surface area (Å²) in [4.78, 5) is 27.3. The molecule has 19 heavy (non-hydrogen) atoms. The molecule has 0 fully saturated rings. The molecule has 0 saturated heterocycles. The Balaban J connectivity index is 2.30. The number of carbonyl (C=O) groups excluding carboxylic acids is 2. The van der Waals surface area contributed by atoms with Gasteiger partial charge in [-0.05, 0) is 0 Å². The number of nitrogens with one attached hydrogen (secondary N) is 2. The number of nitrogens with zero attached hydrogens (tertiary/aromatic N) is 1. The van der Waals surface area contributed by atoms with E-state index in [4.69, 9.17) is 4.42 Å². The van der Waals surface area contributed by atoms with E-state index in [0.717, 1.165) is 0 Å². The molecule has 0 saturated carbocycles. The first-order valence-corrected chi connectivity index (χ1v) is 6.35. The lowest BCUT2D eigenvalue weighted by molar-refractivity contribution is -0.128. The van der Waals surface area contributed by atoms with E-state index in [1.54, 1.807) is 0 Å².